The highest BCUT2D eigenvalue weighted by Crippen LogP contribution is 2.38. The number of aromatic nitrogens is 1. The second-order valence-electron chi connectivity index (χ2n) is 8.43. The number of thiophene rings is 1. The minimum atomic E-state index is -0.578. The van der Waals surface area contributed by atoms with Crippen LogP contribution >= 0.6 is 11.3 Å². The van der Waals surface area contributed by atoms with Crippen molar-refractivity contribution in [3.8, 4) is 23.6 Å². The number of ether oxygens (including phenoxy) is 1. The van der Waals surface area contributed by atoms with Gasteiger partial charge in [0.1, 0.15) is 28.5 Å². The molecule has 2 heterocycles. The summed E-state index contributed by atoms with van der Waals surface area (Å²) in [6.07, 6.45) is 5.30. The van der Waals surface area contributed by atoms with Crippen molar-refractivity contribution >= 4 is 34.0 Å². The smallest absolute Gasteiger partial charge is 0.273 e. The first kappa shape index (κ1) is 24.7. The third kappa shape index (κ3) is 4.47. The van der Waals surface area contributed by atoms with Gasteiger partial charge in [-0.25, -0.2) is 0 Å². The average molecular weight is 502 g/mol. The highest BCUT2D eigenvalue weighted by Gasteiger charge is 2.23. The van der Waals surface area contributed by atoms with Gasteiger partial charge in [0.05, 0.1) is 29.4 Å². The van der Waals surface area contributed by atoms with Crippen molar-refractivity contribution in [1.29, 1.82) is 10.5 Å². The quantitative estimate of drug-likeness (QED) is 0.209. The van der Waals surface area contributed by atoms with Crippen LogP contribution in [-0.4, -0.2) is 22.5 Å². The zero-order chi connectivity index (χ0) is 26.0. The lowest BCUT2D eigenvalue weighted by atomic mass is 9.96. The van der Waals surface area contributed by atoms with E-state index < -0.39 is 10.8 Å². The Balaban J connectivity index is 1.68. The highest BCUT2D eigenvalue weighted by molar-refractivity contribution is 7.16. The molecule has 1 aliphatic carbocycles. The number of non-ortho nitro benzene ring substituents is 1. The summed E-state index contributed by atoms with van der Waals surface area (Å²) in [4.78, 5) is 24.8. The van der Waals surface area contributed by atoms with E-state index in [2.05, 4.69) is 11.4 Å². The van der Waals surface area contributed by atoms with E-state index in [1.54, 1.807) is 6.07 Å². The summed E-state index contributed by atoms with van der Waals surface area (Å²) in [6, 6.07) is 10.4. The monoisotopic (exact) mass is 501 g/mol. The Hall–Kier alpha value is -4.41. The molecule has 10 heteroatoms. The van der Waals surface area contributed by atoms with Crippen molar-refractivity contribution in [3.63, 3.8) is 0 Å². The number of nitrogens with zero attached hydrogens (tertiary/aromatic N) is 4. The van der Waals surface area contributed by atoms with Crippen LogP contribution in [0.1, 0.15) is 45.8 Å². The van der Waals surface area contributed by atoms with Crippen molar-refractivity contribution in [1.82, 2.24) is 4.57 Å². The molecule has 0 spiro atoms. The van der Waals surface area contributed by atoms with E-state index in [0.29, 0.717) is 27.6 Å². The second-order valence-corrected chi connectivity index (χ2v) is 9.53. The van der Waals surface area contributed by atoms with Crippen molar-refractivity contribution in [2.45, 2.75) is 39.5 Å². The molecule has 1 N–H and O–H groups in total. The lowest BCUT2D eigenvalue weighted by Crippen LogP contribution is -2.13. The number of nitrogens with one attached hydrogen (secondary N) is 1. The number of carbonyl (C=O) groups excluding carboxylic acids is 1. The molecular weight excluding hydrogens is 478 g/mol. The van der Waals surface area contributed by atoms with Gasteiger partial charge in [0, 0.05) is 22.3 Å². The van der Waals surface area contributed by atoms with Gasteiger partial charge in [0.25, 0.3) is 11.6 Å². The number of carbonyl (C=O) groups is 1. The van der Waals surface area contributed by atoms with Gasteiger partial charge < -0.3 is 14.6 Å². The average Bonchev–Trinajstić information content (AvgIpc) is 3.36. The van der Waals surface area contributed by atoms with Crippen LogP contribution in [0.3, 0.4) is 0 Å². The number of nitro benzene ring substituents is 1. The maximum Gasteiger partial charge on any atom is 0.273 e. The van der Waals surface area contributed by atoms with Gasteiger partial charge >= 0.3 is 0 Å². The first-order valence-electron chi connectivity index (χ1n) is 11.3. The Morgan fingerprint density at radius 1 is 1.25 bits per heavy atom. The van der Waals surface area contributed by atoms with Crippen molar-refractivity contribution in [2.24, 2.45) is 0 Å². The SMILES string of the molecule is COc1cc([N+](=O)[O-])ccc1-n1c(C)cc(/C=C(\C#N)C(=O)Nc2sc3c(c2C#N)CCCC3)c1C. The molecule has 0 saturated heterocycles. The minimum Gasteiger partial charge on any atom is -0.494 e. The number of benzene rings is 1. The van der Waals surface area contributed by atoms with Gasteiger partial charge in [-0.05, 0) is 68.9 Å². The fraction of sp³-hybridized carbons (Fsp3) is 0.269. The summed E-state index contributed by atoms with van der Waals surface area (Å²) in [5.41, 5.74) is 4.07. The number of aryl methyl sites for hydroxylation is 2. The lowest BCUT2D eigenvalue weighted by Gasteiger charge is -2.13. The van der Waals surface area contributed by atoms with Crippen LogP contribution in [0, 0.1) is 46.6 Å². The number of rotatable bonds is 6. The normalized spacial score (nSPS) is 12.9. The molecule has 0 aliphatic heterocycles. The standard InChI is InChI=1S/C26H23N5O4S/c1-15-10-17(16(2)30(15)22-9-8-19(31(33)34)12-23(22)35-3)11-18(13-27)25(32)29-26-21(14-28)20-6-4-5-7-24(20)36-26/h8-12H,4-7H2,1-3H3,(H,29,32)/b18-11+. The van der Waals surface area contributed by atoms with E-state index in [1.165, 1.54) is 36.7 Å². The summed E-state index contributed by atoms with van der Waals surface area (Å²) < 4.78 is 7.24. The number of hydrogen-bond acceptors (Lipinski definition) is 7. The van der Waals surface area contributed by atoms with E-state index in [1.807, 2.05) is 30.6 Å². The fourth-order valence-corrected chi connectivity index (χ4v) is 5.75. The molecule has 0 radical (unpaired) electrons. The molecule has 0 unspecified atom stereocenters. The molecule has 1 amide bonds. The van der Waals surface area contributed by atoms with Gasteiger partial charge in [-0.3, -0.25) is 14.9 Å². The van der Waals surface area contributed by atoms with Crippen LogP contribution < -0.4 is 10.1 Å². The lowest BCUT2D eigenvalue weighted by molar-refractivity contribution is -0.384. The summed E-state index contributed by atoms with van der Waals surface area (Å²) >= 11 is 1.41. The first-order valence-corrected chi connectivity index (χ1v) is 12.1. The molecule has 0 bridgehead atoms. The molecule has 9 nitrogen and oxygen atoms in total. The zero-order valence-corrected chi connectivity index (χ0v) is 20.9. The molecule has 4 rings (SSSR count). The third-order valence-electron chi connectivity index (χ3n) is 6.26. The van der Waals surface area contributed by atoms with Crippen LogP contribution in [0.5, 0.6) is 5.75 Å². The summed E-state index contributed by atoms with van der Waals surface area (Å²) in [6.45, 7) is 3.68. The Morgan fingerprint density at radius 3 is 2.67 bits per heavy atom. The molecule has 36 heavy (non-hydrogen) atoms. The van der Waals surface area contributed by atoms with E-state index >= 15 is 0 Å². The van der Waals surface area contributed by atoms with Gasteiger partial charge in [0.15, 0.2) is 0 Å². The molecule has 0 saturated carbocycles. The van der Waals surface area contributed by atoms with Crippen molar-refractivity contribution in [3.05, 3.63) is 72.9 Å². The topological polar surface area (TPSA) is 134 Å². The number of hydrogen-bond donors (Lipinski definition) is 1. The van der Waals surface area contributed by atoms with Gasteiger partial charge in [0.2, 0.25) is 0 Å². The third-order valence-corrected chi connectivity index (χ3v) is 7.47. The molecule has 182 valence electrons. The van der Waals surface area contributed by atoms with Crippen molar-refractivity contribution in [2.75, 3.05) is 12.4 Å². The van der Waals surface area contributed by atoms with Gasteiger partial charge in [-0.1, -0.05) is 0 Å². The Labute approximate surface area is 212 Å². The summed E-state index contributed by atoms with van der Waals surface area (Å²) in [5, 5.41) is 33.8. The predicted octanol–water partition coefficient (Wildman–Crippen LogP) is 5.37. The number of methoxy groups -OCH3 is 1. The molecular formula is C26H23N5O4S. The van der Waals surface area contributed by atoms with Crippen LogP contribution in [0.4, 0.5) is 10.7 Å². The van der Waals surface area contributed by atoms with E-state index in [4.69, 9.17) is 4.74 Å². The first-order chi connectivity index (χ1) is 17.3. The van der Waals surface area contributed by atoms with Crippen LogP contribution in [0.25, 0.3) is 11.8 Å². The van der Waals surface area contributed by atoms with E-state index in [-0.39, 0.29) is 11.3 Å². The highest BCUT2D eigenvalue weighted by atomic mass is 32.1. The minimum absolute atomic E-state index is 0.0892. The second kappa shape index (κ2) is 10.1. The van der Waals surface area contributed by atoms with Crippen molar-refractivity contribution < 1.29 is 14.5 Å². The Morgan fingerprint density at radius 2 is 2.00 bits per heavy atom. The van der Waals surface area contributed by atoms with E-state index in [9.17, 15) is 25.4 Å². The number of nitriles is 2. The molecule has 1 aromatic carbocycles. The number of nitro groups is 1. The fourth-order valence-electron chi connectivity index (χ4n) is 4.52. The molecule has 0 atom stereocenters. The molecule has 0 fully saturated rings. The molecule has 1 aliphatic rings. The van der Waals surface area contributed by atoms with Crippen LogP contribution in [0.15, 0.2) is 29.8 Å². The Bertz CT molecular complexity index is 1500. The number of anilines is 1. The summed E-state index contributed by atoms with van der Waals surface area (Å²) in [5.74, 6) is -0.254. The predicted molar refractivity (Wildman–Crippen MR) is 136 cm³/mol. The maximum absolute atomic E-state index is 13.0. The van der Waals surface area contributed by atoms with Gasteiger partial charge in [-0.2, -0.15) is 10.5 Å². The molecule has 2 aromatic heterocycles. The largest absolute Gasteiger partial charge is 0.494 e. The maximum atomic E-state index is 13.0. The van der Waals surface area contributed by atoms with Crippen LogP contribution in [-0.2, 0) is 17.6 Å². The van der Waals surface area contributed by atoms with E-state index in [0.717, 1.165) is 47.5 Å². The Kier molecular flexibility index (Phi) is 6.91. The zero-order valence-electron chi connectivity index (χ0n) is 20.0. The summed E-state index contributed by atoms with van der Waals surface area (Å²) in [7, 11) is 1.44. The molecule has 3 aromatic rings. The van der Waals surface area contributed by atoms with Crippen LogP contribution in [0.2, 0.25) is 0 Å². The number of amides is 1. The van der Waals surface area contributed by atoms with Gasteiger partial charge in [-0.15, -0.1) is 11.3 Å². The number of fused-ring (bicyclic) bond motifs is 1.